The molecule has 0 aliphatic carbocycles. The lowest BCUT2D eigenvalue weighted by Crippen LogP contribution is -2.60. The Morgan fingerprint density at radius 2 is 1.76 bits per heavy atom. The highest BCUT2D eigenvalue weighted by molar-refractivity contribution is 5.64. The molecule has 0 bridgehead atoms. The molecular formula is C18H19F3N2O6. The Kier molecular flexibility index (Phi) is 6.05. The van der Waals surface area contributed by atoms with E-state index in [0.29, 0.717) is 5.56 Å². The first-order chi connectivity index (χ1) is 13.6. The monoisotopic (exact) mass is 416 g/mol. The summed E-state index contributed by atoms with van der Waals surface area (Å²) in [7, 11) is 0. The topological polar surface area (TPSA) is 125 Å². The maximum atomic E-state index is 13.2. The zero-order valence-electron chi connectivity index (χ0n) is 15.1. The maximum absolute atomic E-state index is 13.2. The third kappa shape index (κ3) is 4.33. The van der Waals surface area contributed by atoms with Crippen molar-refractivity contribution in [3.63, 3.8) is 0 Å². The zero-order chi connectivity index (χ0) is 21.3. The smallest absolute Gasteiger partial charge is 0.435 e. The first-order valence-electron chi connectivity index (χ1n) is 8.60. The number of nitrogens with zero attached hydrogens (tertiary/aromatic N) is 2. The number of ether oxygens (including phenoxy) is 2. The second-order valence-corrected chi connectivity index (χ2v) is 6.55. The highest BCUT2D eigenvalue weighted by atomic mass is 19.4. The van der Waals surface area contributed by atoms with Crippen molar-refractivity contribution in [3.8, 4) is 17.0 Å². The van der Waals surface area contributed by atoms with Gasteiger partial charge in [0.05, 0.1) is 6.61 Å². The molecule has 1 aromatic heterocycles. The van der Waals surface area contributed by atoms with Crippen LogP contribution in [0.3, 0.4) is 0 Å². The molecule has 0 unspecified atom stereocenters. The molecule has 2 heterocycles. The molecule has 1 fully saturated rings. The Labute approximate surface area is 163 Å². The number of rotatable bonds is 4. The van der Waals surface area contributed by atoms with Crippen molar-refractivity contribution in [1.82, 2.24) is 9.97 Å². The van der Waals surface area contributed by atoms with E-state index in [-0.39, 0.29) is 17.0 Å². The van der Waals surface area contributed by atoms with Gasteiger partial charge in [0, 0.05) is 18.0 Å². The highest BCUT2D eigenvalue weighted by Crippen LogP contribution is 2.36. The summed E-state index contributed by atoms with van der Waals surface area (Å²) in [6, 6.07) is 4.10. The van der Waals surface area contributed by atoms with Crippen LogP contribution in [0.5, 0.6) is 5.75 Å². The second-order valence-electron chi connectivity index (χ2n) is 6.55. The van der Waals surface area contributed by atoms with E-state index in [1.54, 1.807) is 6.92 Å². The molecule has 29 heavy (non-hydrogen) atoms. The summed E-state index contributed by atoms with van der Waals surface area (Å²) in [6.07, 6.45) is -9.88. The molecule has 4 N–H and O–H groups in total. The average molecular weight is 416 g/mol. The molecule has 0 amide bonds. The van der Waals surface area contributed by atoms with Crippen LogP contribution in [0.2, 0.25) is 0 Å². The fraction of sp³-hybridized carbons (Fsp3) is 0.444. The minimum atomic E-state index is -4.68. The van der Waals surface area contributed by atoms with Crippen LogP contribution in [0.25, 0.3) is 11.3 Å². The van der Waals surface area contributed by atoms with Crippen molar-refractivity contribution in [2.24, 2.45) is 0 Å². The molecule has 3 rings (SSSR count). The highest BCUT2D eigenvalue weighted by Gasteiger charge is 2.44. The first-order valence-corrected chi connectivity index (χ1v) is 8.60. The second kappa shape index (κ2) is 8.20. The summed E-state index contributed by atoms with van der Waals surface area (Å²) in [5.74, 6) is 0.163. The molecule has 1 aliphatic heterocycles. The summed E-state index contributed by atoms with van der Waals surface area (Å²) in [5.41, 5.74) is -0.910. The van der Waals surface area contributed by atoms with E-state index in [9.17, 15) is 33.6 Å². The van der Waals surface area contributed by atoms with Gasteiger partial charge in [0.15, 0.2) is 5.69 Å². The van der Waals surface area contributed by atoms with Crippen LogP contribution in [-0.2, 0) is 10.9 Å². The number of alkyl halides is 3. The molecule has 11 heteroatoms. The maximum Gasteiger partial charge on any atom is 0.435 e. The van der Waals surface area contributed by atoms with Crippen molar-refractivity contribution in [1.29, 1.82) is 0 Å². The van der Waals surface area contributed by atoms with Crippen molar-refractivity contribution in [2.75, 3.05) is 6.61 Å². The van der Waals surface area contributed by atoms with Crippen LogP contribution in [0.15, 0.2) is 30.6 Å². The van der Waals surface area contributed by atoms with Crippen molar-refractivity contribution < 1.29 is 43.1 Å². The van der Waals surface area contributed by atoms with E-state index in [1.807, 2.05) is 0 Å². The lowest BCUT2D eigenvalue weighted by Gasteiger charge is -2.39. The van der Waals surface area contributed by atoms with Crippen LogP contribution in [0.4, 0.5) is 13.2 Å². The van der Waals surface area contributed by atoms with Crippen molar-refractivity contribution in [3.05, 3.63) is 41.9 Å². The first kappa shape index (κ1) is 21.4. The third-order valence-electron chi connectivity index (χ3n) is 4.51. The number of aryl methyl sites for hydroxylation is 1. The standard InChI is InChI=1S/C18H19F3N2O6/c1-8-6-9(12-16(18(19,20)21)23-5-4-22-12)2-3-10(8)28-17-15(27)14(26)13(25)11(7-24)29-17/h2-6,11,13-15,17,24-27H,7H2,1H3/t11-,13-,14+,15+,17+/m1/s1. The van der Waals surface area contributed by atoms with Gasteiger partial charge in [-0.05, 0) is 30.7 Å². The van der Waals surface area contributed by atoms with Gasteiger partial charge in [-0.15, -0.1) is 0 Å². The normalized spacial score (nSPS) is 27.7. The van der Waals surface area contributed by atoms with Gasteiger partial charge >= 0.3 is 6.18 Å². The molecule has 1 aliphatic rings. The molecule has 1 saturated heterocycles. The van der Waals surface area contributed by atoms with E-state index in [0.717, 1.165) is 12.4 Å². The molecule has 0 radical (unpaired) electrons. The van der Waals surface area contributed by atoms with Gasteiger partial charge in [0.1, 0.15) is 35.9 Å². The largest absolute Gasteiger partial charge is 0.462 e. The number of hydrogen-bond acceptors (Lipinski definition) is 8. The number of aromatic nitrogens is 2. The van der Waals surface area contributed by atoms with E-state index < -0.39 is 49.2 Å². The predicted molar refractivity (Wildman–Crippen MR) is 91.6 cm³/mol. The fourth-order valence-corrected chi connectivity index (χ4v) is 2.98. The van der Waals surface area contributed by atoms with Gasteiger partial charge < -0.3 is 29.9 Å². The Morgan fingerprint density at radius 1 is 1.07 bits per heavy atom. The summed E-state index contributed by atoms with van der Waals surface area (Å²) in [4.78, 5) is 7.14. The van der Waals surface area contributed by atoms with Gasteiger partial charge in [-0.3, -0.25) is 4.98 Å². The van der Waals surface area contributed by atoms with Crippen LogP contribution >= 0.6 is 0 Å². The van der Waals surface area contributed by atoms with Crippen molar-refractivity contribution >= 4 is 0 Å². The van der Waals surface area contributed by atoms with E-state index in [2.05, 4.69) is 9.97 Å². The summed E-state index contributed by atoms with van der Waals surface area (Å²) < 4.78 is 50.3. The molecule has 158 valence electrons. The van der Waals surface area contributed by atoms with E-state index in [4.69, 9.17) is 9.47 Å². The van der Waals surface area contributed by atoms with Crippen LogP contribution in [0, 0.1) is 6.92 Å². The zero-order valence-corrected chi connectivity index (χ0v) is 15.1. The summed E-state index contributed by atoms with van der Waals surface area (Å²) in [5, 5.41) is 38.9. The quantitative estimate of drug-likeness (QED) is 0.573. The Balaban J connectivity index is 1.86. The number of halogens is 3. The minimum absolute atomic E-state index is 0.157. The SMILES string of the molecule is Cc1cc(-c2nccnc2C(F)(F)F)ccc1O[C@H]1O[C@H](CO)[C@@H](O)[C@H](O)[C@@H]1O. The lowest BCUT2D eigenvalue weighted by atomic mass is 9.99. The molecule has 8 nitrogen and oxygen atoms in total. The number of aliphatic hydroxyl groups is 4. The minimum Gasteiger partial charge on any atom is -0.462 e. The predicted octanol–water partition coefficient (Wildman–Crippen LogP) is 0.650. The average Bonchev–Trinajstić information content (AvgIpc) is 2.69. The lowest BCUT2D eigenvalue weighted by molar-refractivity contribution is -0.277. The molecule has 0 spiro atoms. The third-order valence-corrected chi connectivity index (χ3v) is 4.51. The molecule has 0 saturated carbocycles. The Morgan fingerprint density at radius 3 is 2.38 bits per heavy atom. The van der Waals surface area contributed by atoms with Gasteiger partial charge in [0.2, 0.25) is 6.29 Å². The molecular weight excluding hydrogens is 397 g/mol. The van der Waals surface area contributed by atoms with Crippen LogP contribution in [0.1, 0.15) is 11.3 Å². The van der Waals surface area contributed by atoms with E-state index in [1.165, 1.54) is 18.2 Å². The number of hydrogen-bond donors (Lipinski definition) is 4. The van der Waals surface area contributed by atoms with Gasteiger partial charge in [-0.25, -0.2) is 4.98 Å². The molecule has 2 aromatic rings. The van der Waals surface area contributed by atoms with Crippen LogP contribution < -0.4 is 4.74 Å². The number of benzene rings is 1. The molecule has 5 atom stereocenters. The van der Waals surface area contributed by atoms with Gasteiger partial charge in [-0.1, -0.05) is 0 Å². The summed E-state index contributed by atoms with van der Waals surface area (Å²) >= 11 is 0. The van der Waals surface area contributed by atoms with Crippen molar-refractivity contribution in [2.45, 2.75) is 43.8 Å². The Hall–Kier alpha value is -2.31. The fourth-order valence-electron chi connectivity index (χ4n) is 2.98. The van der Waals surface area contributed by atoms with E-state index >= 15 is 0 Å². The van der Waals surface area contributed by atoms with Gasteiger partial charge in [0.25, 0.3) is 0 Å². The summed E-state index contributed by atoms with van der Waals surface area (Å²) in [6.45, 7) is 0.947. The molecule has 1 aromatic carbocycles. The van der Waals surface area contributed by atoms with Gasteiger partial charge in [-0.2, -0.15) is 13.2 Å². The Bertz CT molecular complexity index is 864. The van der Waals surface area contributed by atoms with Crippen LogP contribution in [-0.4, -0.2) is 67.7 Å². The number of aliphatic hydroxyl groups excluding tert-OH is 4.